The topological polar surface area (TPSA) is 175 Å². The van der Waals surface area contributed by atoms with Gasteiger partial charge in [-0.15, -0.1) is 0 Å². The molecule has 0 saturated carbocycles. The Morgan fingerprint density at radius 3 is 1.42 bits per heavy atom. The van der Waals surface area contributed by atoms with E-state index in [9.17, 15) is 9.59 Å². The van der Waals surface area contributed by atoms with Crippen molar-refractivity contribution in [2.75, 3.05) is 10.6 Å². The molecule has 6 heterocycles. The first kappa shape index (κ1) is 53.3. The van der Waals surface area contributed by atoms with E-state index in [1.807, 2.05) is 147 Å². The van der Waals surface area contributed by atoms with E-state index in [1.54, 1.807) is 80.2 Å². The predicted octanol–water partition coefficient (Wildman–Crippen LogP) is 13.4. The number of rotatable bonds is 14. The van der Waals surface area contributed by atoms with Gasteiger partial charge in [-0.3, -0.25) is 34.5 Å². The summed E-state index contributed by atoms with van der Waals surface area (Å²) in [5.74, 6) is 1.59. The zero-order valence-corrected chi connectivity index (χ0v) is 44.5. The molecule has 2 N–H and O–H groups in total. The second-order valence-corrected chi connectivity index (χ2v) is 18.6. The number of aromatic nitrogens is 9. The average molecular weight is 1060 g/mol. The minimum atomic E-state index is -0.179. The number of nitrogens with zero attached hydrogens (tertiary/aromatic N) is 11. The molecule has 0 atom stereocenters. The quantitative estimate of drug-likeness (QED) is 0.101. The van der Waals surface area contributed by atoms with Crippen molar-refractivity contribution >= 4 is 57.8 Å². The highest BCUT2D eigenvalue weighted by Crippen LogP contribution is 2.22. The van der Waals surface area contributed by atoms with E-state index < -0.39 is 0 Å². The van der Waals surface area contributed by atoms with E-state index in [1.165, 1.54) is 16.5 Å². The van der Waals surface area contributed by atoms with Crippen molar-refractivity contribution in [3.63, 3.8) is 0 Å². The molecule has 0 spiro atoms. The highest BCUT2D eigenvalue weighted by molar-refractivity contribution is 6.04. The third-order valence-corrected chi connectivity index (χ3v) is 13.0. The summed E-state index contributed by atoms with van der Waals surface area (Å²) in [4.78, 5) is 58.1. The lowest BCUT2D eigenvalue weighted by Crippen LogP contribution is -2.12. The van der Waals surface area contributed by atoms with E-state index in [0.717, 1.165) is 80.8 Å². The Bertz CT molecular complexity index is 3910. The summed E-state index contributed by atoms with van der Waals surface area (Å²) in [5.41, 5.74) is 12.1. The van der Waals surface area contributed by atoms with Gasteiger partial charge in [-0.1, -0.05) is 54.6 Å². The third-order valence-electron chi connectivity index (χ3n) is 13.0. The Labute approximate surface area is 468 Å². The normalized spacial score (nSPS) is 10.9. The number of hydrogen-bond acceptors (Lipinski definition) is 10. The van der Waals surface area contributed by atoms with Gasteiger partial charge in [0.1, 0.15) is 11.6 Å². The van der Waals surface area contributed by atoms with Crippen molar-refractivity contribution in [3.05, 3.63) is 296 Å². The van der Waals surface area contributed by atoms with E-state index in [2.05, 4.69) is 114 Å². The molecule has 0 fully saturated rings. The van der Waals surface area contributed by atoms with E-state index in [-0.39, 0.29) is 11.8 Å². The fraction of sp³-hybridized carbons (Fsp3) is 0.0606. The summed E-state index contributed by atoms with van der Waals surface area (Å²) < 4.78 is 6.07. The zero-order chi connectivity index (χ0) is 55.6. The summed E-state index contributed by atoms with van der Waals surface area (Å²) in [6.45, 7) is 3.98. The van der Waals surface area contributed by atoms with E-state index in [4.69, 9.17) is 0 Å². The number of carbonyl (C=O) groups is 2. The number of nitrogens with one attached hydrogen (secondary N) is 2. The lowest BCUT2D eigenvalue weighted by molar-refractivity contribution is 0.101. The van der Waals surface area contributed by atoms with Crippen LogP contribution in [0, 0.1) is 13.8 Å². The summed E-state index contributed by atoms with van der Waals surface area (Å²) in [7, 11) is 0. The van der Waals surface area contributed by atoms with Crippen LogP contribution in [-0.2, 0) is 12.8 Å². The Morgan fingerprint density at radius 2 is 0.951 bits per heavy atom. The van der Waals surface area contributed by atoms with Crippen LogP contribution in [0.15, 0.2) is 261 Å². The molecule has 0 saturated heterocycles. The molecule has 0 aliphatic rings. The smallest absolute Gasteiger partial charge is 0.257 e. The third kappa shape index (κ3) is 14.7. The molecular weight excluding hydrogens is 1010 g/mol. The van der Waals surface area contributed by atoms with Gasteiger partial charge in [-0.2, -0.15) is 0 Å². The van der Waals surface area contributed by atoms with Gasteiger partial charge in [0.2, 0.25) is 0 Å². The molecule has 15 heteroatoms. The van der Waals surface area contributed by atoms with Crippen molar-refractivity contribution in [2.24, 2.45) is 9.98 Å². The number of aliphatic imine (C=N–C) groups is 2. The van der Waals surface area contributed by atoms with Crippen molar-refractivity contribution in [1.29, 1.82) is 0 Å². The maximum Gasteiger partial charge on any atom is 0.257 e. The zero-order valence-electron chi connectivity index (χ0n) is 44.5. The number of fused-ring (bicyclic) bond motifs is 1. The van der Waals surface area contributed by atoms with Gasteiger partial charge >= 0.3 is 0 Å². The molecule has 6 aromatic heterocycles. The number of hydrogen-bond donors (Lipinski definition) is 2. The van der Waals surface area contributed by atoms with Gasteiger partial charge in [0.25, 0.3) is 11.8 Å². The van der Waals surface area contributed by atoms with Crippen molar-refractivity contribution < 1.29 is 9.59 Å². The first-order valence-electron chi connectivity index (χ1n) is 26.1. The van der Waals surface area contributed by atoms with Gasteiger partial charge in [0, 0.05) is 121 Å². The minimum Gasteiger partial charge on any atom is -0.322 e. The number of benzene rings is 6. The molecule has 0 aliphatic heterocycles. The highest BCUT2D eigenvalue weighted by atomic mass is 16.2. The van der Waals surface area contributed by atoms with Crippen molar-refractivity contribution in [2.45, 2.75) is 26.7 Å². The minimum absolute atomic E-state index is 0.179. The van der Waals surface area contributed by atoms with Crippen LogP contribution in [0.4, 0.5) is 22.7 Å². The number of imidazole rings is 3. The second kappa shape index (κ2) is 26.3. The van der Waals surface area contributed by atoms with Crippen molar-refractivity contribution in [3.8, 4) is 17.1 Å². The summed E-state index contributed by atoms with van der Waals surface area (Å²) in [6.07, 6.45) is 28.5. The molecule has 12 aromatic rings. The van der Waals surface area contributed by atoms with Crippen LogP contribution in [-0.4, -0.2) is 67.8 Å². The molecule has 2 amide bonds. The Balaban J connectivity index is 0.000000138. The van der Waals surface area contributed by atoms with E-state index in [0.29, 0.717) is 11.1 Å². The molecule has 0 aliphatic carbocycles. The molecule has 396 valence electrons. The predicted molar refractivity (Wildman–Crippen MR) is 321 cm³/mol. The number of anilines is 2. The van der Waals surface area contributed by atoms with Crippen LogP contribution in [0.25, 0.3) is 27.8 Å². The van der Waals surface area contributed by atoms with Crippen LogP contribution in [0.2, 0.25) is 0 Å². The number of amides is 2. The first-order chi connectivity index (χ1) is 39.8. The molecule has 12 rings (SSSR count). The van der Waals surface area contributed by atoms with Crippen LogP contribution >= 0.6 is 0 Å². The SMILES string of the molecule is Cc1nccn1-c1ccc(C=Nc2ccc(-n3ccnc3)cc2)cc1.Cc1nccn1-c1ccc(C=Nc2ccc3ccncc3c2)cc1.O=C(Nc1ccc(CCc2ccc(NC(=O)c3cccnc3)cc2)cc1)c1cccnc1. The lowest BCUT2D eigenvalue weighted by Gasteiger charge is -2.08. The fourth-order valence-electron chi connectivity index (χ4n) is 8.52. The average Bonchev–Trinajstić information content (AvgIpc) is 4.33. The maximum absolute atomic E-state index is 12.2. The van der Waals surface area contributed by atoms with Crippen LogP contribution in [0.5, 0.6) is 0 Å². The van der Waals surface area contributed by atoms with Gasteiger partial charge < -0.3 is 24.3 Å². The molecule has 0 radical (unpaired) electrons. The number of aryl methyl sites for hydroxylation is 4. The number of carbonyl (C=O) groups excluding carboxylic acids is 2. The standard InChI is InChI=1S/C26H22N4O2.C20H17N5.C20H16N4/c31-25(21-3-1-15-27-17-21)29-23-11-7-19(8-12-23)5-6-20-9-13-24(14-10-20)30-26(32)22-4-2-16-28-18-22;1-16-22-11-13-25(16)20-6-2-17(3-7-20)14-23-18-4-8-19(9-5-18)24-12-10-21-15-24;1-15-22-10-11-24(15)20-6-2-16(3-7-20)13-23-19-5-4-17-8-9-21-14-18(17)12-19/h1-4,7-18H,5-6H2,(H,29,31)(H,30,32);2-15H,1H3;2-14H,1H3. The molecule has 6 aromatic carbocycles. The van der Waals surface area contributed by atoms with Crippen LogP contribution in [0.3, 0.4) is 0 Å². The fourth-order valence-corrected chi connectivity index (χ4v) is 8.52. The van der Waals surface area contributed by atoms with Gasteiger partial charge in [-0.05, 0) is 170 Å². The summed E-state index contributed by atoms with van der Waals surface area (Å²) in [6, 6.07) is 55.3. The van der Waals surface area contributed by atoms with Gasteiger partial charge in [-0.25, -0.2) is 15.0 Å². The maximum atomic E-state index is 12.2. The molecule has 0 unspecified atom stereocenters. The van der Waals surface area contributed by atoms with E-state index >= 15 is 0 Å². The molecular formula is C66H55N13O2. The van der Waals surface area contributed by atoms with Crippen LogP contribution in [0.1, 0.15) is 54.6 Å². The van der Waals surface area contributed by atoms with Gasteiger partial charge in [0.05, 0.1) is 28.8 Å². The largest absolute Gasteiger partial charge is 0.322 e. The van der Waals surface area contributed by atoms with Crippen LogP contribution < -0.4 is 10.6 Å². The summed E-state index contributed by atoms with van der Waals surface area (Å²) in [5, 5.41) is 8.02. The van der Waals surface area contributed by atoms with Crippen molar-refractivity contribution in [1.82, 2.24) is 43.6 Å². The Kier molecular flexibility index (Phi) is 17.3. The monoisotopic (exact) mass is 1060 g/mol. The Hall–Kier alpha value is -11.1. The summed E-state index contributed by atoms with van der Waals surface area (Å²) >= 11 is 0. The lowest BCUT2D eigenvalue weighted by atomic mass is 10.0. The second-order valence-electron chi connectivity index (χ2n) is 18.6. The first-order valence-corrected chi connectivity index (χ1v) is 26.1. The molecule has 81 heavy (non-hydrogen) atoms. The number of pyridine rings is 3. The highest BCUT2D eigenvalue weighted by Gasteiger charge is 2.09. The molecule has 15 nitrogen and oxygen atoms in total. The van der Waals surface area contributed by atoms with Gasteiger partial charge in [0.15, 0.2) is 0 Å². The molecule has 0 bridgehead atoms. The Morgan fingerprint density at radius 1 is 0.457 bits per heavy atom.